The van der Waals surface area contributed by atoms with Gasteiger partial charge in [-0.15, -0.1) is 0 Å². The van der Waals surface area contributed by atoms with Crippen molar-refractivity contribution >= 4 is 16.9 Å². The number of carbonyl (C=O) groups is 1. The van der Waals surface area contributed by atoms with Crippen LogP contribution in [0.5, 0.6) is 0 Å². The van der Waals surface area contributed by atoms with Crippen molar-refractivity contribution in [3.05, 3.63) is 30.1 Å². The SMILES string of the molecule is NC(C(=O)NCc1nc2ccccc2[nH]1)C1CCOCC1. The summed E-state index contributed by atoms with van der Waals surface area (Å²) in [5.41, 5.74) is 7.90. The third kappa shape index (κ3) is 3.22. The fourth-order valence-electron chi connectivity index (χ4n) is 2.67. The molecule has 0 saturated carbocycles. The molecule has 6 nitrogen and oxygen atoms in total. The summed E-state index contributed by atoms with van der Waals surface area (Å²) < 4.78 is 5.29. The molecule has 1 atom stereocenters. The zero-order chi connectivity index (χ0) is 14.7. The van der Waals surface area contributed by atoms with Crippen LogP contribution in [-0.4, -0.2) is 35.1 Å². The molecule has 1 amide bonds. The standard InChI is InChI=1S/C15H20N4O2/c16-14(10-5-7-21-8-6-10)15(20)17-9-13-18-11-3-1-2-4-12(11)19-13/h1-4,10,14H,5-9,16H2,(H,17,20)(H,18,19). The predicted octanol–water partition coefficient (Wildman–Crippen LogP) is 0.933. The minimum Gasteiger partial charge on any atom is -0.381 e. The maximum absolute atomic E-state index is 12.1. The first-order valence-corrected chi connectivity index (χ1v) is 7.28. The van der Waals surface area contributed by atoms with Crippen LogP contribution in [0, 0.1) is 5.92 Å². The van der Waals surface area contributed by atoms with E-state index < -0.39 is 6.04 Å². The molecule has 1 saturated heterocycles. The number of ether oxygens (including phenoxy) is 1. The van der Waals surface area contributed by atoms with Gasteiger partial charge in [0.2, 0.25) is 5.91 Å². The van der Waals surface area contributed by atoms with Crippen molar-refractivity contribution in [1.82, 2.24) is 15.3 Å². The molecule has 4 N–H and O–H groups in total. The molecule has 3 rings (SSSR count). The number of benzene rings is 1. The molecule has 1 aromatic carbocycles. The Morgan fingerprint density at radius 2 is 2.19 bits per heavy atom. The summed E-state index contributed by atoms with van der Waals surface area (Å²) in [4.78, 5) is 19.7. The molecule has 2 heterocycles. The molecule has 112 valence electrons. The van der Waals surface area contributed by atoms with Crippen molar-refractivity contribution in [2.45, 2.75) is 25.4 Å². The lowest BCUT2D eigenvalue weighted by Gasteiger charge is -2.26. The molecule has 1 fully saturated rings. The number of nitrogens with zero attached hydrogens (tertiary/aromatic N) is 1. The van der Waals surface area contributed by atoms with Crippen LogP contribution in [0.15, 0.2) is 24.3 Å². The van der Waals surface area contributed by atoms with Crippen molar-refractivity contribution in [3.8, 4) is 0 Å². The monoisotopic (exact) mass is 288 g/mol. The molecule has 1 aromatic heterocycles. The number of nitrogens with two attached hydrogens (primary N) is 1. The van der Waals surface area contributed by atoms with Gasteiger partial charge in [0.15, 0.2) is 0 Å². The van der Waals surface area contributed by atoms with Gasteiger partial charge < -0.3 is 20.8 Å². The number of para-hydroxylation sites is 2. The van der Waals surface area contributed by atoms with Crippen molar-refractivity contribution in [2.75, 3.05) is 13.2 Å². The van der Waals surface area contributed by atoms with Gasteiger partial charge in [0.05, 0.1) is 23.6 Å². The van der Waals surface area contributed by atoms with Gasteiger partial charge in [0.25, 0.3) is 0 Å². The zero-order valence-corrected chi connectivity index (χ0v) is 11.8. The van der Waals surface area contributed by atoms with Crippen molar-refractivity contribution in [2.24, 2.45) is 11.7 Å². The van der Waals surface area contributed by atoms with E-state index in [2.05, 4.69) is 15.3 Å². The lowest BCUT2D eigenvalue weighted by molar-refractivity contribution is -0.124. The molecule has 1 aliphatic heterocycles. The van der Waals surface area contributed by atoms with E-state index in [1.165, 1.54) is 0 Å². The van der Waals surface area contributed by atoms with Crippen molar-refractivity contribution in [1.29, 1.82) is 0 Å². The largest absolute Gasteiger partial charge is 0.381 e. The van der Waals surface area contributed by atoms with Crippen LogP contribution in [0.1, 0.15) is 18.7 Å². The highest BCUT2D eigenvalue weighted by molar-refractivity contribution is 5.82. The van der Waals surface area contributed by atoms with E-state index in [0.717, 1.165) is 29.7 Å². The summed E-state index contributed by atoms with van der Waals surface area (Å²) in [5, 5.41) is 2.86. The molecule has 21 heavy (non-hydrogen) atoms. The number of carbonyl (C=O) groups excluding carboxylic acids is 1. The van der Waals surface area contributed by atoms with E-state index in [1.54, 1.807) is 0 Å². The molecule has 0 aliphatic carbocycles. The topological polar surface area (TPSA) is 93.0 Å². The van der Waals surface area contributed by atoms with E-state index in [9.17, 15) is 4.79 Å². The summed E-state index contributed by atoms with van der Waals surface area (Å²) in [5.74, 6) is 0.820. The highest BCUT2D eigenvalue weighted by Crippen LogP contribution is 2.17. The molecule has 1 unspecified atom stereocenters. The van der Waals surface area contributed by atoms with Gasteiger partial charge in [-0.05, 0) is 30.9 Å². The van der Waals surface area contributed by atoms with Gasteiger partial charge in [-0.25, -0.2) is 4.98 Å². The molecule has 0 radical (unpaired) electrons. The Hall–Kier alpha value is -1.92. The van der Waals surface area contributed by atoms with Gasteiger partial charge in [0.1, 0.15) is 5.82 Å². The molecule has 6 heteroatoms. The fraction of sp³-hybridized carbons (Fsp3) is 0.467. The molecule has 2 aromatic rings. The van der Waals surface area contributed by atoms with E-state index in [1.807, 2.05) is 24.3 Å². The molecule has 0 bridgehead atoms. The smallest absolute Gasteiger partial charge is 0.237 e. The molecule has 1 aliphatic rings. The summed E-state index contributed by atoms with van der Waals surface area (Å²) in [7, 11) is 0. The summed E-state index contributed by atoms with van der Waals surface area (Å²) in [6.45, 7) is 1.74. The van der Waals surface area contributed by atoms with Crippen LogP contribution in [0.3, 0.4) is 0 Å². The average Bonchev–Trinajstić information content (AvgIpc) is 2.95. The summed E-state index contributed by atoms with van der Waals surface area (Å²) >= 11 is 0. The third-order valence-electron chi connectivity index (χ3n) is 3.95. The Kier molecular flexibility index (Phi) is 4.17. The second-order valence-electron chi connectivity index (χ2n) is 5.39. The van der Waals surface area contributed by atoms with E-state index in [0.29, 0.717) is 19.8 Å². The van der Waals surface area contributed by atoms with Crippen LogP contribution >= 0.6 is 0 Å². The van der Waals surface area contributed by atoms with Gasteiger partial charge in [-0.3, -0.25) is 4.79 Å². The maximum atomic E-state index is 12.1. The highest BCUT2D eigenvalue weighted by atomic mass is 16.5. The lowest BCUT2D eigenvalue weighted by Crippen LogP contribution is -2.46. The summed E-state index contributed by atoms with van der Waals surface area (Å²) in [6.07, 6.45) is 1.69. The first kappa shape index (κ1) is 14.0. The van der Waals surface area contributed by atoms with E-state index in [4.69, 9.17) is 10.5 Å². The number of nitrogens with one attached hydrogen (secondary N) is 2. The zero-order valence-electron chi connectivity index (χ0n) is 11.8. The first-order chi connectivity index (χ1) is 10.2. The average molecular weight is 288 g/mol. The fourth-order valence-corrected chi connectivity index (χ4v) is 2.67. The third-order valence-corrected chi connectivity index (χ3v) is 3.95. The lowest BCUT2D eigenvalue weighted by atomic mass is 9.92. The number of imidazole rings is 1. The van der Waals surface area contributed by atoms with Gasteiger partial charge in [-0.1, -0.05) is 12.1 Å². The van der Waals surface area contributed by atoms with E-state index >= 15 is 0 Å². The van der Waals surface area contributed by atoms with Gasteiger partial charge in [0, 0.05) is 13.2 Å². The first-order valence-electron chi connectivity index (χ1n) is 7.28. The quantitative estimate of drug-likeness (QED) is 0.780. The predicted molar refractivity (Wildman–Crippen MR) is 79.5 cm³/mol. The van der Waals surface area contributed by atoms with Crippen LogP contribution in [-0.2, 0) is 16.1 Å². The molecular weight excluding hydrogens is 268 g/mol. The number of aromatic amines is 1. The number of fused-ring (bicyclic) bond motifs is 1. The Bertz CT molecular complexity index is 586. The highest BCUT2D eigenvalue weighted by Gasteiger charge is 2.26. The molecular formula is C15H20N4O2. The Morgan fingerprint density at radius 1 is 1.43 bits per heavy atom. The Labute approximate surface area is 123 Å². The van der Waals surface area contributed by atoms with Crippen LogP contribution in [0.2, 0.25) is 0 Å². The number of hydrogen-bond acceptors (Lipinski definition) is 4. The number of rotatable bonds is 4. The number of amides is 1. The maximum Gasteiger partial charge on any atom is 0.237 e. The Morgan fingerprint density at radius 3 is 2.95 bits per heavy atom. The van der Waals surface area contributed by atoms with Crippen molar-refractivity contribution in [3.63, 3.8) is 0 Å². The minimum absolute atomic E-state index is 0.123. The van der Waals surface area contributed by atoms with Crippen LogP contribution in [0.4, 0.5) is 0 Å². The number of aromatic nitrogens is 2. The van der Waals surface area contributed by atoms with Gasteiger partial charge >= 0.3 is 0 Å². The Balaban J connectivity index is 1.57. The minimum atomic E-state index is -0.474. The second-order valence-corrected chi connectivity index (χ2v) is 5.39. The number of H-pyrrole nitrogens is 1. The second kappa shape index (κ2) is 6.24. The normalized spacial score (nSPS) is 17.8. The van der Waals surface area contributed by atoms with Gasteiger partial charge in [-0.2, -0.15) is 0 Å². The molecule has 0 spiro atoms. The van der Waals surface area contributed by atoms with Crippen LogP contribution < -0.4 is 11.1 Å². The summed E-state index contributed by atoms with van der Waals surface area (Å²) in [6, 6.07) is 7.31. The van der Waals surface area contributed by atoms with Crippen molar-refractivity contribution < 1.29 is 9.53 Å². The number of hydrogen-bond donors (Lipinski definition) is 3. The van der Waals surface area contributed by atoms with Crippen LogP contribution in [0.25, 0.3) is 11.0 Å². The van der Waals surface area contributed by atoms with E-state index in [-0.39, 0.29) is 11.8 Å².